The van der Waals surface area contributed by atoms with Gasteiger partial charge in [-0.3, -0.25) is 9.79 Å². The van der Waals surface area contributed by atoms with Gasteiger partial charge < -0.3 is 11.5 Å². The van der Waals surface area contributed by atoms with Crippen molar-refractivity contribution in [2.75, 3.05) is 0 Å². The Morgan fingerprint density at radius 1 is 1.12 bits per heavy atom. The van der Waals surface area contributed by atoms with E-state index in [-0.39, 0.29) is 5.78 Å². The first-order valence-electron chi connectivity index (χ1n) is 11.2. The van der Waals surface area contributed by atoms with Crippen molar-refractivity contribution in [1.82, 2.24) is 0 Å². The third kappa shape index (κ3) is 18.1. The quantitative estimate of drug-likeness (QED) is 0.346. The van der Waals surface area contributed by atoms with Crippen LogP contribution in [0.1, 0.15) is 78.4 Å². The molecule has 0 aliphatic rings. The molecule has 0 unspecified atom stereocenters. The van der Waals surface area contributed by atoms with Crippen molar-refractivity contribution >= 4 is 12.0 Å². The number of aryl methyl sites for hydroxylation is 1. The van der Waals surface area contributed by atoms with Gasteiger partial charge in [0.25, 0.3) is 0 Å². The van der Waals surface area contributed by atoms with Gasteiger partial charge in [-0.25, -0.2) is 0 Å². The number of benzene rings is 1. The Morgan fingerprint density at radius 3 is 2.03 bits per heavy atom. The molecule has 0 atom stereocenters. The van der Waals surface area contributed by atoms with Gasteiger partial charge in [0.15, 0.2) is 0 Å². The van der Waals surface area contributed by atoms with E-state index in [1.807, 2.05) is 33.8 Å². The summed E-state index contributed by atoms with van der Waals surface area (Å²) in [5.41, 5.74) is 16.0. The SMILES string of the molecule is C=C/C=C(\C=C/N)/C=N/C(C)=C(/CC)CC(C)=O.CC(C)N.Cc1ccc(C(C)C)cc1. The van der Waals surface area contributed by atoms with Crippen LogP contribution in [0, 0.1) is 6.92 Å². The number of nitrogens with zero attached hydrogens (tertiary/aromatic N) is 1. The van der Waals surface area contributed by atoms with Crippen molar-refractivity contribution in [3.05, 3.63) is 83.2 Å². The van der Waals surface area contributed by atoms with Crippen molar-refractivity contribution in [2.45, 2.75) is 80.2 Å². The van der Waals surface area contributed by atoms with Gasteiger partial charge in [-0.2, -0.15) is 0 Å². The van der Waals surface area contributed by atoms with Gasteiger partial charge in [0.1, 0.15) is 5.78 Å². The highest BCUT2D eigenvalue weighted by Crippen LogP contribution is 2.15. The summed E-state index contributed by atoms with van der Waals surface area (Å²) >= 11 is 0. The van der Waals surface area contributed by atoms with E-state index in [4.69, 9.17) is 11.5 Å². The molecule has 1 rings (SSSR count). The molecule has 1 aromatic carbocycles. The minimum absolute atomic E-state index is 0.158. The number of Topliss-reactive ketones (excluding diaryl/α,β-unsaturated/α-hetero) is 1. The number of aliphatic imine (C=N–C) groups is 1. The van der Waals surface area contributed by atoms with Crippen molar-refractivity contribution in [3.8, 4) is 0 Å². The Bertz CT molecular complexity index is 777. The predicted octanol–water partition coefficient (Wildman–Crippen LogP) is 6.78. The second-order valence-corrected chi connectivity index (χ2v) is 8.25. The van der Waals surface area contributed by atoms with Crippen LogP contribution in [-0.4, -0.2) is 18.0 Å². The summed E-state index contributed by atoms with van der Waals surface area (Å²) in [5.74, 6) is 0.811. The van der Waals surface area contributed by atoms with Crippen LogP contribution in [0.15, 0.2) is 77.1 Å². The summed E-state index contributed by atoms with van der Waals surface area (Å²) in [4.78, 5) is 15.5. The Hall–Kier alpha value is -2.72. The van der Waals surface area contributed by atoms with Gasteiger partial charge in [0, 0.05) is 18.3 Å². The largest absolute Gasteiger partial charge is 0.405 e. The van der Waals surface area contributed by atoms with Crippen molar-refractivity contribution < 1.29 is 4.79 Å². The molecule has 0 aliphatic carbocycles. The molecule has 0 radical (unpaired) electrons. The van der Waals surface area contributed by atoms with Crippen molar-refractivity contribution in [3.63, 3.8) is 0 Å². The molecule has 0 saturated heterocycles. The molecule has 4 nitrogen and oxygen atoms in total. The Labute approximate surface area is 196 Å². The number of carbonyl (C=O) groups is 1. The maximum absolute atomic E-state index is 11.1. The van der Waals surface area contributed by atoms with Crippen LogP contribution in [0.25, 0.3) is 0 Å². The monoisotopic (exact) mass is 439 g/mol. The first-order chi connectivity index (χ1) is 15.0. The summed E-state index contributed by atoms with van der Waals surface area (Å²) in [7, 11) is 0. The number of rotatable bonds is 8. The second-order valence-electron chi connectivity index (χ2n) is 8.25. The van der Waals surface area contributed by atoms with Crippen molar-refractivity contribution in [2.24, 2.45) is 16.5 Å². The molecule has 0 aromatic heterocycles. The zero-order chi connectivity index (χ0) is 25.1. The van der Waals surface area contributed by atoms with E-state index in [2.05, 4.69) is 56.6 Å². The second kappa shape index (κ2) is 19.0. The third-order valence-electron chi connectivity index (χ3n) is 4.15. The lowest BCUT2D eigenvalue weighted by molar-refractivity contribution is -0.116. The van der Waals surface area contributed by atoms with Crippen LogP contribution >= 0.6 is 0 Å². The van der Waals surface area contributed by atoms with E-state index in [0.29, 0.717) is 18.4 Å². The highest BCUT2D eigenvalue weighted by Gasteiger charge is 2.02. The fourth-order valence-electron chi connectivity index (χ4n) is 2.41. The Balaban J connectivity index is 0. The highest BCUT2D eigenvalue weighted by atomic mass is 16.1. The maximum Gasteiger partial charge on any atom is 0.133 e. The number of hydrogen-bond donors (Lipinski definition) is 2. The van der Waals surface area contributed by atoms with Gasteiger partial charge in [-0.15, -0.1) is 0 Å². The van der Waals surface area contributed by atoms with E-state index in [1.165, 1.54) is 17.3 Å². The van der Waals surface area contributed by atoms with Crippen LogP contribution in [0.5, 0.6) is 0 Å². The van der Waals surface area contributed by atoms with E-state index >= 15 is 0 Å². The van der Waals surface area contributed by atoms with Crippen LogP contribution in [-0.2, 0) is 4.79 Å². The van der Waals surface area contributed by atoms with E-state index < -0.39 is 0 Å². The summed E-state index contributed by atoms with van der Waals surface area (Å²) in [6, 6.07) is 9.05. The van der Waals surface area contributed by atoms with E-state index in [9.17, 15) is 4.79 Å². The van der Waals surface area contributed by atoms with E-state index in [0.717, 1.165) is 23.3 Å². The smallest absolute Gasteiger partial charge is 0.133 e. The van der Waals surface area contributed by atoms with Gasteiger partial charge in [0.05, 0.1) is 0 Å². The molecular weight excluding hydrogens is 394 g/mol. The van der Waals surface area contributed by atoms with Crippen LogP contribution < -0.4 is 11.5 Å². The fourth-order valence-corrected chi connectivity index (χ4v) is 2.41. The predicted molar refractivity (Wildman–Crippen MR) is 143 cm³/mol. The molecule has 0 amide bonds. The molecule has 0 spiro atoms. The lowest BCUT2D eigenvalue weighted by Crippen LogP contribution is -2.06. The van der Waals surface area contributed by atoms with Crippen LogP contribution in [0.3, 0.4) is 0 Å². The third-order valence-corrected chi connectivity index (χ3v) is 4.15. The van der Waals surface area contributed by atoms with Crippen LogP contribution in [0.4, 0.5) is 0 Å². The molecular formula is C28H45N3O. The minimum Gasteiger partial charge on any atom is -0.405 e. The molecule has 4 N–H and O–H groups in total. The van der Waals surface area contributed by atoms with Crippen molar-refractivity contribution in [1.29, 1.82) is 0 Å². The summed E-state index contributed by atoms with van der Waals surface area (Å²) < 4.78 is 0. The minimum atomic E-state index is 0.158. The molecule has 178 valence electrons. The standard InChI is InChI=1S/C15H22N2O.C10H14.C3H9N/c1-5-7-14(8-9-16)11-17-13(4)15(6-2)10-12(3)18;1-8(2)10-6-4-9(3)5-7-10;1-3(2)4/h5,7-9,11H,1,6,10,16H2,2-4H3;4-8H,1-3H3;3H,4H2,1-2H3/b9-8-,14-7+,15-13-,17-11+;;. The number of hydrogen-bond acceptors (Lipinski definition) is 4. The van der Waals surface area contributed by atoms with Gasteiger partial charge in [-0.1, -0.05) is 83.2 Å². The summed E-state index contributed by atoms with van der Waals surface area (Å²) in [6.45, 7) is 19.6. The molecule has 0 aliphatic heterocycles. The lowest BCUT2D eigenvalue weighted by Gasteiger charge is -2.04. The lowest BCUT2D eigenvalue weighted by atomic mass is 10.0. The maximum atomic E-state index is 11.1. The fraction of sp³-hybridized carbons (Fsp3) is 0.429. The Morgan fingerprint density at radius 2 is 1.66 bits per heavy atom. The molecule has 0 saturated carbocycles. The van der Waals surface area contributed by atoms with Crippen LogP contribution in [0.2, 0.25) is 0 Å². The molecule has 0 heterocycles. The molecule has 32 heavy (non-hydrogen) atoms. The molecule has 0 bridgehead atoms. The number of allylic oxidation sites excluding steroid dienone is 6. The van der Waals surface area contributed by atoms with E-state index in [1.54, 1.807) is 25.3 Å². The first kappa shape index (κ1) is 31.5. The average molecular weight is 440 g/mol. The molecule has 0 fully saturated rings. The normalized spacial score (nSPS) is 12.3. The number of carbonyl (C=O) groups excluding carboxylic acids is 1. The molecule has 1 aromatic rings. The van der Waals surface area contributed by atoms with Gasteiger partial charge >= 0.3 is 0 Å². The summed E-state index contributed by atoms with van der Waals surface area (Å²) in [5, 5.41) is 0. The molecule has 4 heteroatoms. The number of ketones is 1. The van der Waals surface area contributed by atoms with Gasteiger partial charge in [-0.05, 0) is 68.1 Å². The Kier molecular flexibility index (Phi) is 18.7. The zero-order valence-electron chi connectivity index (χ0n) is 21.5. The average Bonchev–Trinajstić information content (AvgIpc) is 2.70. The number of nitrogens with two attached hydrogens (primary N) is 2. The first-order valence-corrected chi connectivity index (χ1v) is 11.2. The topological polar surface area (TPSA) is 81.5 Å². The summed E-state index contributed by atoms with van der Waals surface area (Å²) in [6.07, 6.45) is 9.71. The van der Waals surface area contributed by atoms with Gasteiger partial charge in [0.2, 0.25) is 0 Å². The zero-order valence-corrected chi connectivity index (χ0v) is 21.5. The highest BCUT2D eigenvalue weighted by molar-refractivity contribution is 5.83.